The van der Waals surface area contributed by atoms with Gasteiger partial charge in [-0.2, -0.15) is 39.5 Å². The maximum atomic E-state index is 13.9. The molecule has 0 N–H and O–H groups in total. The van der Waals surface area contributed by atoms with Gasteiger partial charge >= 0.3 is 24.6 Å². The van der Waals surface area contributed by atoms with E-state index in [1.54, 1.807) is 6.92 Å². The smallest absolute Gasteiger partial charge is 0.417 e. The van der Waals surface area contributed by atoms with Gasteiger partial charge < -0.3 is 9.64 Å². The van der Waals surface area contributed by atoms with Crippen LogP contribution in [0.25, 0.3) is 0 Å². The molecular formula is C29H29F9N2O4. The molecule has 1 aliphatic heterocycles. The number of rotatable bonds is 7. The van der Waals surface area contributed by atoms with Gasteiger partial charge in [-0.3, -0.25) is 14.5 Å². The molecule has 1 aliphatic rings. The van der Waals surface area contributed by atoms with Gasteiger partial charge in [0.25, 0.3) is 0 Å². The maximum absolute atomic E-state index is 13.9. The third-order valence-electron chi connectivity index (χ3n) is 7.28. The van der Waals surface area contributed by atoms with Crippen molar-refractivity contribution in [1.82, 2.24) is 4.90 Å². The highest BCUT2D eigenvalue weighted by molar-refractivity contribution is 5.97. The average molecular weight is 641 g/mol. The lowest BCUT2D eigenvalue weighted by Gasteiger charge is -2.44. The summed E-state index contributed by atoms with van der Waals surface area (Å²) in [6.07, 6.45) is -16.8. The fourth-order valence-corrected chi connectivity index (χ4v) is 5.38. The van der Waals surface area contributed by atoms with Crippen molar-refractivity contribution in [2.24, 2.45) is 0 Å². The molecule has 15 heteroatoms. The first kappa shape index (κ1) is 34.7. The number of carbonyl (C=O) groups is 3. The van der Waals surface area contributed by atoms with Gasteiger partial charge in [0, 0.05) is 24.6 Å². The first-order valence-electron chi connectivity index (χ1n) is 13.5. The van der Waals surface area contributed by atoms with Crippen molar-refractivity contribution in [2.45, 2.75) is 84.1 Å². The van der Waals surface area contributed by atoms with Crippen LogP contribution in [-0.2, 0) is 34.6 Å². The van der Waals surface area contributed by atoms with Crippen molar-refractivity contribution in [3.63, 3.8) is 0 Å². The number of ether oxygens (including phenoxy) is 1. The molecular weight excluding hydrogens is 611 g/mol. The van der Waals surface area contributed by atoms with E-state index in [-0.39, 0.29) is 37.1 Å². The van der Waals surface area contributed by atoms with Crippen LogP contribution in [0.2, 0.25) is 0 Å². The summed E-state index contributed by atoms with van der Waals surface area (Å²) in [5.41, 5.74) is -7.33. The molecule has 1 heterocycles. The minimum absolute atomic E-state index is 0.0488. The fourth-order valence-electron chi connectivity index (χ4n) is 5.38. The quantitative estimate of drug-likeness (QED) is 0.225. The molecule has 242 valence electrons. The third kappa shape index (κ3) is 7.12. The number of anilines is 1. The summed E-state index contributed by atoms with van der Waals surface area (Å²) < 4.78 is 130. The highest BCUT2D eigenvalue weighted by atomic mass is 19.4. The van der Waals surface area contributed by atoms with Crippen molar-refractivity contribution in [1.29, 1.82) is 0 Å². The number of carbonyl (C=O) groups excluding carboxylic acids is 3. The Morgan fingerprint density at radius 1 is 0.886 bits per heavy atom. The number of hydrogen-bond acceptors (Lipinski definition) is 4. The van der Waals surface area contributed by atoms with Crippen LogP contribution >= 0.6 is 0 Å². The van der Waals surface area contributed by atoms with Crippen molar-refractivity contribution < 1.29 is 58.6 Å². The molecule has 0 spiro atoms. The lowest BCUT2D eigenvalue weighted by atomic mass is 9.87. The molecule has 0 saturated carbocycles. The molecule has 3 rings (SSSR count). The number of fused-ring (bicyclic) bond motifs is 1. The van der Waals surface area contributed by atoms with Crippen LogP contribution in [0.3, 0.4) is 0 Å². The largest absolute Gasteiger partial charge is 0.449 e. The Balaban J connectivity index is 2.30. The standard InChI is InChI=1S/C29H29F9N2O4/c1-5-18-13-23(19-12-17(27(30,31)32)8-9-22(19)40(18)26(43)44-7-3)39(24(42)6-2)14-16-10-20(28(33,34)35)25(15(4)41)21(11-16)29(36,37)38/h8-12,18,23H,5-7,13-14H2,1-4H3. The van der Waals surface area contributed by atoms with Crippen molar-refractivity contribution >= 4 is 23.5 Å². The topological polar surface area (TPSA) is 66.9 Å². The molecule has 2 aromatic rings. The number of nitrogens with zero attached hydrogens (tertiary/aromatic N) is 2. The van der Waals surface area contributed by atoms with Gasteiger partial charge in [0.2, 0.25) is 5.91 Å². The van der Waals surface area contributed by atoms with E-state index in [0.29, 0.717) is 25.1 Å². The molecule has 44 heavy (non-hydrogen) atoms. The SMILES string of the molecule is CCOC(=O)N1c2ccc(C(F)(F)F)cc2C(N(Cc2cc(C(F)(F)F)c(C(C)=O)c(C(F)(F)F)c2)C(=O)CC)CC1CC. The number of Topliss-reactive ketones (excluding diaryl/α,β-unsaturated/α-hetero) is 1. The summed E-state index contributed by atoms with van der Waals surface area (Å²) in [5, 5.41) is 0. The van der Waals surface area contributed by atoms with Gasteiger partial charge in [-0.1, -0.05) is 13.8 Å². The first-order chi connectivity index (χ1) is 20.3. The zero-order valence-electron chi connectivity index (χ0n) is 24.0. The second-order valence-electron chi connectivity index (χ2n) is 10.1. The first-order valence-corrected chi connectivity index (χ1v) is 13.5. The monoisotopic (exact) mass is 640 g/mol. The van der Waals surface area contributed by atoms with E-state index >= 15 is 0 Å². The molecule has 0 fully saturated rings. The molecule has 2 aromatic carbocycles. The third-order valence-corrected chi connectivity index (χ3v) is 7.28. The Hall–Kier alpha value is -3.78. The normalized spacial score (nSPS) is 17.2. The van der Waals surface area contributed by atoms with Gasteiger partial charge in [-0.25, -0.2) is 4.79 Å². The van der Waals surface area contributed by atoms with E-state index in [1.165, 1.54) is 13.8 Å². The Bertz CT molecular complexity index is 1380. The van der Waals surface area contributed by atoms with Crippen molar-refractivity contribution in [3.8, 4) is 0 Å². The summed E-state index contributed by atoms with van der Waals surface area (Å²) in [5.74, 6) is -2.26. The number of hydrogen-bond donors (Lipinski definition) is 0. The predicted octanol–water partition coefficient (Wildman–Crippen LogP) is 8.57. The van der Waals surface area contributed by atoms with Crippen LogP contribution in [-0.4, -0.2) is 35.3 Å². The second-order valence-corrected chi connectivity index (χ2v) is 10.1. The zero-order valence-corrected chi connectivity index (χ0v) is 24.0. The van der Waals surface area contributed by atoms with Gasteiger partial charge in [0.05, 0.1) is 35.0 Å². The minimum Gasteiger partial charge on any atom is -0.449 e. The summed E-state index contributed by atoms with van der Waals surface area (Å²) >= 11 is 0. The van der Waals surface area contributed by atoms with E-state index in [4.69, 9.17) is 4.74 Å². The number of ketones is 1. The summed E-state index contributed by atoms with van der Waals surface area (Å²) in [6, 6.07) is 1.06. The molecule has 0 aromatic heterocycles. The Morgan fingerprint density at radius 3 is 1.89 bits per heavy atom. The molecule has 2 amide bonds. The second kappa shape index (κ2) is 12.7. The van der Waals surface area contributed by atoms with E-state index in [2.05, 4.69) is 0 Å². The molecule has 0 aliphatic carbocycles. The molecule has 2 unspecified atom stereocenters. The maximum Gasteiger partial charge on any atom is 0.417 e. The Labute approximate surface area is 246 Å². The summed E-state index contributed by atoms with van der Waals surface area (Å²) in [7, 11) is 0. The highest BCUT2D eigenvalue weighted by Crippen LogP contribution is 2.46. The Kier molecular flexibility index (Phi) is 10.0. The molecule has 6 nitrogen and oxygen atoms in total. The van der Waals surface area contributed by atoms with Crippen molar-refractivity contribution in [2.75, 3.05) is 11.5 Å². The van der Waals surface area contributed by atoms with E-state index in [9.17, 15) is 53.9 Å². The van der Waals surface area contributed by atoms with Crippen LogP contribution in [0.1, 0.15) is 91.2 Å². The number of amides is 2. The van der Waals surface area contributed by atoms with E-state index in [0.717, 1.165) is 21.9 Å². The number of alkyl halides is 9. The molecule has 0 saturated heterocycles. The Morgan fingerprint density at radius 2 is 1.45 bits per heavy atom. The van der Waals surface area contributed by atoms with Gasteiger partial charge in [-0.05, 0) is 68.1 Å². The number of benzene rings is 2. The van der Waals surface area contributed by atoms with Gasteiger partial charge in [0.1, 0.15) is 0 Å². The van der Waals surface area contributed by atoms with Gasteiger partial charge in [0.15, 0.2) is 5.78 Å². The van der Waals surface area contributed by atoms with Gasteiger partial charge in [-0.15, -0.1) is 0 Å². The summed E-state index contributed by atoms with van der Waals surface area (Å²) in [6.45, 7) is 4.17. The number of halogens is 9. The van der Waals surface area contributed by atoms with Crippen LogP contribution in [0.5, 0.6) is 0 Å². The van der Waals surface area contributed by atoms with Crippen LogP contribution in [0.15, 0.2) is 30.3 Å². The lowest BCUT2D eigenvalue weighted by Crippen LogP contribution is -2.48. The molecule has 0 radical (unpaired) electrons. The molecule has 2 atom stereocenters. The highest BCUT2D eigenvalue weighted by Gasteiger charge is 2.45. The van der Waals surface area contributed by atoms with Crippen LogP contribution < -0.4 is 4.90 Å². The van der Waals surface area contributed by atoms with E-state index < -0.39 is 82.8 Å². The van der Waals surface area contributed by atoms with Crippen LogP contribution in [0, 0.1) is 0 Å². The summed E-state index contributed by atoms with van der Waals surface area (Å²) in [4.78, 5) is 40.2. The van der Waals surface area contributed by atoms with Crippen LogP contribution in [0.4, 0.5) is 50.0 Å². The average Bonchev–Trinajstić information content (AvgIpc) is 2.92. The minimum atomic E-state index is -5.39. The van der Waals surface area contributed by atoms with E-state index in [1.807, 2.05) is 0 Å². The predicted molar refractivity (Wildman–Crippen MR) is 140 cm³/mol. The molecule has 0 bridgehead atoms. The fraction of sp³-hybridized carbons (Fsp3) is 0.483. The van der Waals surface area contributed by atoms with Crippen molar-refractivity contribution in [3.05, 3.63) is 63.7 Å². The zero-order chi connectivity index (χ0) is 33.4. The lowest BCUT2D eigenvalue weighted by molar-refractivity contribution is -0.144.